The second kappa shape index (κ2) is 8.01. The van der Waals surface area contributed by atoms with Crippen molar-refractivity contribution in [3.8, 4) is 11.8 Å². The topological polar surface area (TPSA) is 140 Å². The SMILES string of the molecule is Nc1nc(C#CCC2CCCCC2)nc2c1ncn2[C@@H]1O[C@H](CO)[C@@H](O)[C@H]1O. The quantitative estimate of drug-likeness (QED) is 0.553. The Morgan fingerprint density at radius 3 is 2.68 bits per heavy atom. The molecule has 2 aromatic rings. The van der Waals surface area contributed by atoms with Crippen LogP contribution in [0.15, 0.2) is 6.33 Å². The molecule has 0 bridgehead atoms. The highest BCUT2D eigenvalue weighted by Gasteiger charge is 2.44. The fraction of sp³-hybridized carbons (Fsp3) is 0.632. The zero-order chi connectivity index (χ0) is 19.7. The van der Waals surface area contributed by atoms with Gasteiger partial charge < -0.3 is 25.8 Å². The van der Waals surface area contributed by atoms with Crippen LogP contribution in [-0.2, 0) is 4.74 Å². The van der Waals surface area contributed by atoms with Crippen molar-refractivity contribution in [1.29, 1.82) is 0 Å². The lowest BCUT2D eigenvalue weighted by Crippen LogP contribution is -2.33. The molecule has 4 atom stereocenters. The lowest BCUT2D eigenvalue weighted by atomic mass is 9.87. The molecular weight excluding hydrogens is 362 g/mol. The summed E-state index contributed by atoms with van der Waals surface area (Å²) in [5.74, 6) is 7.26. The van der Waals surface area contributed by atoms with Crippen molar-refractivity contribution in [1.82, 2.24) is 19.5 Å². The first-order valence-electron chi connectivity index (χ1n) is 9.70. The third kappa shape index (κ3) is 3.56. The molecule has 1 aliphatic heterocycles. The van der Waals surface area contributed by atoms with E-state index in [1.807, 2.05) is 0 Å². The molecule has 0 aromatic carbocycles. The summed E-state index contributed by atoms with van der Waals surface area (Å²) in [4.78, 5) is 12.8. The molecule has 2 aromatic heterocycles. The van der Waals surface area contributed by atoms with Gasteiger partial charge in [0, 0.05) is 6.42 Å². The first kappa shape index (κ1) is 19.1. The smallest absolute Gasteiger partial charge is 0.208 e. The van der Waals surface area contributed by atoms with Gasteiger partial charge in [0.2, 0.25) is 5.82 Å². The molecule has 2 aliphatic rings. The number of nitrogen functional groups attached to an aromatic ring is 1. The normalized spacial score (nSPS) is 28.4. The summed E-state index contributed by atoms with van der Waals surface area (Å²) >= 11 is 0. The fourth-order valence-electron chi connectivity index (χ4n) is 3.96. The number of hydrogen-bond donors (Lipinski definition) is 4. The summed E-state index contributed by atoms with van der Waals surface area (Å²) in [6.07, 6.45) is 4.27. The zero-order valence-electron chi connectivity index (χ0n) is 15.5. The fourth-order valence-corrected chi connectivity index (χ4v) is 3.96. The van der Waals surface area contributed by atoms with E-state index in [-0.39, 0.29) is 11.6 Å². The number of rotatable bonds is 3. The van der Waals surface area contributed by atoms with E-state index >= 15 is 0 Å². The molecule has 2 fully saturated rings. The highest BCUT2D eigenvalue weighted by Crippen LogP contribution is 2.32. The number of imidazole rings is 1. The van der Waals surface area contributed by atoms with E-state index in [0.717, 1.165) is 6.42 Å². The van der Waals surface area contributed by atoms with E-state index < -0.39 is 31.1 Å². The molecule has 0 amide bonds. The van der Waals surface area contributed by atoms with E-state index in [2.05, 4.69) is 26.8 Å². The molecule has 28 heavy (non-hydrogen) atoms. The average Bonchev–Trinajstić information content (AvgIpc) is 3.24. The van der Waals surface area contributed by atoms with Crippen LogP contribution in [0, 0.1) is 17.8 Å². The van der Waals surface area contributed by atoms with Gasteiger partial charge in [0.05, 0.1) is 12.9 Å². The summed E-state index contributed by atoms with van der Waals surface area (Å²) in [6.45, 7) is -0.406. The Morgan fingerprint density at radius 1 is 1.18 bits per heavy atom. The van der Waals surface area contributed by atoms with Crippen molar-refractivity contribution in [3.05, 3.63) is 12.2 Å². The Balaban J connectivity index is 1.60. The van der Waals surface area contributed by atoms with Gasteiger partial charge in [-0.3, -0.25) is 4.57 Å². The summed E-state index contributed by atoms with van der Waals surface area (Å²) < 4.78 is 7.05. The molecule has 0 radical (unpaired) electrons. The van der Waals surface area contributed by atoms with Gasteiger partial charge in [0.25, 0.3) is 0 Å². The van der Waals surface area contributed by atoms with Crippen molar-refractivity contribution in [3.63, 3.8) is 0 Å². The Bertz CT molecular complexity index is 899. The molecule has 0 spiro atoms. The van der Waals surface area contributed by atoms with Gasteiger partial charge in [0.1, 0.15) is 23.8 Å². The van der Waals surface area contributed by atoms with E-state index in [1.54, 1.807) is 0 Å². The number of nitrogens with zero attached hydrogens (tertiary/aromatic N) is 4. The number of aliphatic hydroxyl groups excluding tert-OH is 3. The van der Waals surface area contributed by atoms with Gasteiger partial charge in [0.15, 0.2) is 17.7 Å². The lowest BCUT2D eigenvalue weighted by Gasteiger charge is -2.18. The maximum absolute atomic E-state index is 10.3. The molecule has 3 heterocycles. The Morgan fingerprint density at radius 2 is 1.96 bits per heavy atom. The van der Waals surface area contributed by atoms with Crippen LogP contribution in [0.3, 0.4) is 0 Å². The van der Waals surface area contributed by atoms with E-state index in [9.17, 15) is 15.3 Å². The van der Waals surface area contributed by atoms with Crippen molar-refractivity contribution in [2.45, 2.75) is 63.1 Å². The molecule has 0 unspecified atom stereocenters. The monoisotopic (exact) mass is 387 g/mol. The lowest BCUT2D eigenvalue weighted by molar-refractivity contribution is -0.0511. The van der Waals surface area contributed by atoms with Gasteiger partial charge in [-0.15, -0.1) is 0 Å². The van der Waals surface area contributed by atoms with Gasteiger partial charge in [-0.1, -0.05) is 25.2 Å². The number of aromatic nitrogens is 4. The third-order valence-corrected chi connectivity index (χ3v) is 5.56. The van der Waals surface area contributed by atoms with Gasteiger partial charge in [-0.25, -0.2) is 15.0 Å². The van der Waals surface area contributed by atoms with E-state index in [4.69, 9.17) is 10.5 Å². The minimum absolute atomic E-state index is 0.192. The van der Waals surface area contributed by atoms with Crippen LogP contribution in [-0.4, -0.2) is 59.8 Å². The van der Waals surface area contributed by atoms with Gasteiger partial charge in [-0.2, -0.15) is 0 Å². The van der Waals surface area contributed by atoms with Crippen LogP contribution in [0.5, 0.6) is 0 Å². The number of aliphatic hydroxyl groups is 3. The van der Waals surface area contributed by atoms with Crippen LogP contribution >= 0.6 is 0 Å². The highest BCUT2D eigenvalue weighted by atomic mass is 16.6. The molecule has 150 valence electrons. The minimum atomic E-state index is -1.23. The predicted octanol–water partition coefficient (Wildman–Crippen LogP) is 0.342. The first-order valence-corrected chi connectivity index (χ1v) is 9.70. The summed E-state index contributed by atoms with van der Waals surface area (Å²) in [5.41, 5.74) is 6.75. The Labute approximate surface area is 162 Å². The number of nitrogens with two attached hydrogens (primary N) is 1. The van der Waals surface area contributed by atoms with Crippen molar-refractivity contribution in [2.75, 3.05) is 12.3 Å². The molecule has 4 rings (SSSR count). The molecule has 9 nitrogen and oxygen atoms in total. The molecule has 1 saturated heterocycles. The molecular formula is C19H25N5O4. The second-order valence-corrected chi connectivity index (χ2v) is 7.50. The standard InChI is InChI=1S/C19H25N5O4/c20-17-14-18(23-13(22-17)8-4-7-11-5-2-1-3-6-11)24(10-21-14)19-16(27)15(26)12(9-25)28-19/h10-12,15-16,19,25-27H,1-3,5-7,9H2,(H2,20,22,23)/t12-,15-,16-,19-/m1/s1. The van der Waals surface area contributed by atoms with Crippen molar-refractivity contribution < 1.29 is 20.1 Å². The van der Waals surface area contributed by atoms with Crippen LogP contribution < -0.4 is 5.73 Å². The minimum Gasteiger partial charge on any atom is -0.394 e. The third-order valence-electron chi connectivity index (χ3n) is 5.56. The molecule has 9 heteroatoms. The summed E-state index contributed by atoms with van der Waals surface area (Å²) in [7, 11) is 0. The maximum Gasteiger partial charge on any atom is 0.208 e. The largest absolute Gasteiger partial charge is 0.394 e. The van der Waals surface area contributed by atoms with Crippen LogP contribution in [0.25, 0.3) is 11.2 Å². The summed E-state index contributed by atoms with van der Waals surface area (Å²) in [5, 5.41) is 29.6. The maximum atomic E-state index is 10.3. The van der Waals surface area contributed by atoms with E-state index in [1.165, 1.54) is 43.0 Å². The highest BCUT2D eigenvalue weighted by molar-refractivity contribution is 5.82. The Hall–Kier alpha value is -2.25. The van der Waals surface area contributed by atoms with Crippen LogP contribution in [0.4, 0.5) is 5.82 Å². The van der Waals surface area contributed by atoms with Gasteiger partial charge >= 0.3 is 0 Å². The second-order valence-electron chi connectivity index (χ2n) is 7.50. The number of hydrogen-bond acceptors (Lipinski definition) is 8. The predicted molar refractivity (Wildman–Crippen MR) is 101 cm³/mol. The van der Waals surface area contributed by atoms with Crippen LogP contribution in [0.1, 0.15) is 50.6 Å². The average molecular weight is 387 g/mol. The Kier molecular flexibility index (Phi) is 5.46. The number of anilines is 1. The summed E-state index contributed by atoms with van der Waals surface area (Å²) in [6, 6.07) is 0. The van der Waals surface area contributed by atoms with Crippen molar-refractivity contribution in [2.24, 2.45) is 5.92 Å². The number of ether oxygens (including phenoxy) is 1. The zero-order valence-corrected chi connectivity index (χ0v) is 15.5. The molecule has 5 N–H and O–H groups in total. The molecule has 1 aliphatic carbocycles. The first-order chi connectivity index (χ1) is 13.6. The van der Waals surface area contributed by atoms with Crippen molar-refractivity contribution >= 4 is 17.0 Å². The molecule has 1 saturated carbocycles. The van der Waals surface area contributed by atoms with Crippen LogP contribution in [0.2, 0.25) is 0 Å². The van der Waals surface area contributed by atoms with Gasteiger partial charge in [-0.05, 0) is 24.7 Å². The number of fused-ring (bicyclic) bond motifs is 1. The van der Waals surface area contributed by atoms with E-state index in [0.29, 0.717) is 17.1 Å².